The van der Waals surface area contributed by atoms with Gasteiger partial charge in [0.25, 0.3) is 5.91 Å². The molecule has 2 heterocycles. The second-order valence-electron chi connectivity index (χ2n) is 8.70. The van der Waals surface area contributed by atoms with Crippen molar-refractivity contribution in [2.45, 2.75) is 32.3 Å². The van der Waals surface area contributed by atoms with E-state index in [1.54, 1.807) is 36.4 Å². The predicted molar refractivity (Wildman–Crippen MR) is 135 cm³/mol. The summed E-state index contributed by atoms with van der Waals surface area (Å²) in [6, 6.07) is 19.3. The average molecular weight is 504 g/mol. The highest BCUT2D eigenvalue weighted by atomic mass is 35.5. The lowest BCUT2D eigenvalue weighted by molar-refractivity contribution is -0.130. The summed E-state index contributed by atoms with van der Waals surface area (Å²) < 4.78 is 16.8. The van der Waals surface area contributed by atoms with Crippen LogP contribution >= 0.6 is 11.6 Å². The molecule has 0 aliphatic carbocycles. The Labute approximate surface area is 211 Å². The molecule has 0 radical (unpaired) electrons. The van der Waals surface area contributed by atoms with E-state index < -0.39 is 23.2 Å². The fraction of sp³-hybridized carbons (Fsp3) is 0.179. The van der Waals surface area contributed by atoms with E-state index in [1.165, 1.54) is 13.0 Å². The molecule has 1 aliphatic heterocycles. The lowest BCUT2D eigenvalue weighted by Gasteiger charge is -2.20. The van der Waals surface area contributed by atoms with Crippen molar-refractivity contribution in [3.05, 3.63) is 93.3 Å². The minimum Gasteiger partial charge on any atom is -0.457 e. The van der Waals surface area contributed by atoms with Crippen LogP contribution in [0.25, 0.3) is 22.1 Å². The summed E-state index contributed by atoms with van der Waals surface area (Å²) in [5, 5.41) is 3.43. The van der Waals surface area contributed by atoms with Crippen LogP contribution in [0.4, 0.5) is 4.79 Å². The predicted octanol–water partition coefficient (Wildman–Crippen LogP) is 6.34. The lowest BCUT2D eigenvalue weighted by Crippen LogP contribution is -2.33. The van der Waals surface area contributed by atoms with Crippen molar-refractivity contribution >= 4 is 34.6 Å². The molecular formula is C28H22ClNO6. The van der Waals surface area contributed by atoms with Gasteiger partial charge in [-0.05, 0) is 66.4 Å². The molecule has 2 amide bonds. The fourth-order valence-corrected chi connectivity index (χ4v) is 4.49. The Bertz CT molecular complexity index is 1580. The van der Waals surface area contributed by atoms with Crippen molar-refractivity contribution < 1.29 is 23.5 Å². The number of fused-ring (bicyclic) bond motifs is 1. The summed E-state index contributed by atoms with van der Waals surface area (Å²) in [5.41, 5.74) is 1.58. The van der Waals surface area contributed by atoms with Crippen LogP contribution in [0, 0.1) is 0 Å². The van der Waals surface area contributed by atoms with Gasteiger partial charge in [0.05, 0.1) is 0 Å². The third kappa shape index (κ3) is 4.33. The fourth-order valence-electron chi connectivity index (χ4n) is 4.33. The van der Waals surface area contributed by atoms with Crippen molar-refractivity contribution in [3.63, 3.8) is 0 Å². The number of alkyl carbamates (subject to hydrolysis) is 1. The molecule has 1 fully saturated rings. The van der Waals surface area contributed by atoms with Crippen LogP contribution < -0.4 is 15.7 Å². The van der Waals surface area contributed by atoms with Crippen LogP contribution in [0.3, 0.4) is 0 Å². The van der Waals surface area contributed by atoms with E-state index in [4.69, 9.17) is 25.5 Å². The first-order chi connectivity index (χ1) is 17.3. The first-order valence-electron chi connectivity index (χ1n) is 11.5. The van der Waals surface area contributed by atoms with Crippen LogP contribution in [0.5, 0.6) is 11.5 Å². The van der Waals surface area contributed by atoms with Gasteiger partial charge >= 0.3 is 11.7 Å². The van der Waals surface area contributed by atoms with Gasteiger partial charge in [-0.25, -0.2) is 9.59 Å². The van der Waals surface area contributed by atoms with Crippen molar-refractivity contribution in [2.24, 2.45) is 0 Å². The largest absolute Gasteiger partial charge is 0.457 e. The highest BCUT2D eigenvalue weighted by Gasteiger charge is 2.46. The zero-order chi connectivity index (χ0) is 25.4. The zero-order valence-corrected chi connectivity index (χ0v) is 20.3. The molecule has 1 aliphatic rings. The first kappa shape index (κ1) is 23.6. The van der Waals surface area contributed by atoms with Gasteiger partial charge in [-0.2, -0.15) is 0 Å². The summed E-state index contributed by atoms with van der Waals surface area (Å²) in [6.07, 6.45) is 0.840. The molecule has 1 aromatic heterocycles. The van der Waals surface area contributed by atoms with Gasteiger partial charge in [-0.15, -0.1) is 0 Å². The third-order valence-electron chi connectivity index (χ3n) is 6.16. The molecule has 8 heteroatoms. The number of halogens is 1. The summed E-state index contributed by atoms with van der Waals surface area (Å²) in [5.74, 6) is 0.614. The maximum Gasteiger partial charge on any atom is 0.415 e. The number of benzene rings is 3. The third-order valence-corrected chi connectivity index (χ3v) is 6.39. The Balaban J connectivity index is 1.52. The van der Waals surface area contributed by atoms with E-state index in [2.05, 4.69) is 12.2 Å². The van der Waals surface area contributed by atoms with E-state index in [0.29, 0.717) is 27.7 Å². The number of amides is 2. The van der Waals surface area contributed by atoms with Gasteiger partial charge in [0.1, 0.15) is 17.1 Å². The van der Waals surface area contributed by atoms with Crippen LogP contribution in [0.1, 0.15) is 31.4 Å². The Morgan fingerprint density at radius 2 is 1.83 bits per heavy atom. The molecule has 3 aromatic carbocycles. The second kappa shape index (κ2) is 9.17. The lowest BCUT2D eigenvalue weighted by atomic mass is 9.95. The van der Waals surface area contributed by atoms with Gasteiger partial charge in [0, 0.05) is 28.1 Å². The first-order valence-corrected chi connectivity index (χ1v) is 11.8. The quantitative estimate of drug-likeness (QED) is 0.308. The molecule has 0 spiro atoms. The zero-order valence-electron chi connectivity index (χ0n) is 19.6. The van der Waals surface area contributed by atoms with E-state index in [1.807, 2.05) is 24.3 Å². The molecule has 1 atom stereocenters. The van der Waals surface area contributed by atoms with Gasteiger partial charge in [-0.1, -0.05) is 43.1 Å². The number of rotatable bonds is 6. The Morgan fingerprint density at radius 1 is 1.00 bits per heavy atom. The number of carbonyl (C=O) groups is 2. The van der Waals surface area contributed by atoms with Crippen LogP contribution in [0.2, 0.25) is 5.02 Å². The van der Waals surface area contributed by atoms with E-state index >= 15 is 0 Å². The van der Waals surface area contributed by atoms with Gasteiger partial charge in [-0.3, -0.25) is 10.1 Å². The van der Waals surface area contributed by atoms with E-state index in [0.717, 1.165) is 34.9 Å². The number of imide groups is 1. The van der Waals surface area contributed by atoms with Crippen LogP contribution in [-0.4, -0.2) is 12.0 Å². The highest BCUT2D eigenvalue weighted by molar-refractivity contribution is 6.31. The molecular weight excluding hydrogens is 482 g/mol. The SMILES string of the molecule is CCCc1cc(-c2cc(=O)oc3cc(Cl)ccc23)ccc1Oc1cccc([C@@]2(C)OC(=O)NC2=O)c1. The van der Waals surface area contributed by atoms with E-state index in [9.17, 15) is 14.4 Å². The van der Waals surface area contributed by atoms with Crippen molar-refractivity contribution in [2.75, 3.05) is 0 Å². The molecule has 0 saturated carbocycles. The van der Waals surface area contributed by atoms with E-state index in [-0.39, 0.29) is 0 Å². The molecule has 0 unspecified atom stereocenters. The second-order valence-corrected chi connectivity index (χ2v) is 9.14. The van der Waals surface area contributed by atoms with Crippen molar-refractivity contribution in [1.29, 1.82) is 0 Å². The monoisotopic (exact) mass is 503 g/mol. The van der Waals surface area contributed by atoms with Crippen LogP contribution in [0.15, 0.2) is 75.9 Å². The number of aryl methyl sites for hydroxylation is 1. The number of ether oxygens (including phenoxy) is 2. The van der Waals surface area contributed by atoms with Crippen molar-refractivity contribution in [1.82, 2.24) is 5.32 Å². The number of hydrogen-bond donors (Lipinski definition) is 1. The summed E-state index contributed by atoms with van der Waals surface area (Å²) in [6.45, 7) is 3.61. The molecule has 0 bridgehead atoms. The Kier molecular flexibility index (Phi) is 6.02. The Morgan fingerprint density at radius 3 is 2.58 bits per heavy atom. The van der Waals surface area contributed by atoms with Crippen molar-refractivity contribution in [3.8, 4) is 22.6 Å². The maximum absolute atomic E-state index is 12.3. The van der Waals surface area contributed by atoms with Gasteiger partial charge in [0.2, 0.25) is 5.60 Å². The normalized spacial score (nSPS) is 17.2. The molecule has 36 heavy (non-hydrogen) atoms. The number of nitrogens with one attached hydrogen (secondary N) is 1. The Hall–Kier alpha value is -4.10. The topological polar surface area (TPSA) is 94.8 Å². The summed E-state index contributed by atoms with van der Waals surface area (Å²) in [7, 11) is 0. The summed E-state index contributed by atoms with van der Waals surface area (Å²) >= 11 is 6.08. The van der Waals surface area contributed by atoms with Crippen LogP contribution in [-0.2, 0) is 21.6 Å². The molecule has 1 saturated heterocycles. The number of cyclic esters (lactones) is 1. The minimum absolute atomic E-state index is 0.421. The number of hydrogen-bond acceptors (Lipinski definition) is 6. The number of carbonyl (C=O) groups excluding carboxylic acids is 2. The average Bonchev–Trinajstić information content (AvgIpc) is 3.11. The molecule has 4 aromatic rings. The minimum atomic E-state index is -1.43. The molecule has 5 rings (SSSR count). The summed E-state index contributed by atoms with van der Waals surface area (Å²) in [4.78, 5) is 36.1. The molecule has 7 nitrogen and oxygen atoms in total. The molecule has 182 valence electrons. The van der Waals surface area contributed by atoms with Gasteiger partial charge in [0.15, 0.2) is 0 Å². The van der Waals surface area contributed by atoms with Gasteiger partial charge < -0.3 is 13.9 Å². The molecule has 1 N–H and O–H groups in total. The smallest absolute Gasteiger partial charge is 0.415 e. The maximum atomic E-state index is 12.3. The highest BCUT2D eigenvalue weighted by Crippen LogP contribution is 2.36. The standard InChI is InChI=1S/C28H22ClNO6/c1-3-5-17-12-16(22-15-25(31)35-24-14-19(29)9-10-21(22)24)8-11-23(17)34-20-7-4-6-18(13-20)28(2)26(32)30-27(33)36-28/h4,6-15H,3,5H2,1-2H3,(H,30,32,33)/t28-/m1/s1.